The van der Waals surface area contributed by atoms with Gasteiger partial charge in [-0.25, -0.2) is 0 Å². The molecule has 0 aliphatic carbocycles. The summed E-state index contributed by atoms with van der Waals surface area (Å²) in [6.45, 7) is 5.91. The maximum absolute atomic E-state index is 12.4. The van der Waals surface area contributed by atoms with Gasteiger partial charge in [0.25, 0.3) is 5.56 Å². The number of aliphatic hydroxyl groups is 1. The molecular weight excluding hydrogens is 455 g/mol. The van der Waals surface area contributed by atoms with Gasteiger partial charge < -0.3 is 14.4 Å². The molecule has 5 rings (SSSR count). The van der Waals surface area contributed by atoms with Crippen molar-refractivity contribution in [3.05, 3.63) is 52.8 Å². The number of hydrogen-bond donors (Lipinski definition) is 1. The van der Waals surface area contributed by atoms with Gasteiger partial charge in [-0.1, -0.05) is 6.08 Å². The zero-order valence-corrected chi connectivity index (χ0v) is 18.1. The number of aliphatic hydroxyl groups excluding tert-OH is 1. The Kier molecular flexibility index (Phi) is 5.98. The highest BCUT2D eigenvalue weighted by atomic mass is 127. The fraction of sp³-hybridized carbons (Fsp3) is 0.476. The van der Waals surface area contributed by atoms with Crippen molar-refractivity contribution in [1.29, 1.82) is 0 Å². The molecule has 4 heterocycles. The Hall–Kier alpha value is -1.38. The molecule has 3 saturated heterocycles. The number of ether oxygens (including phenoxy) is 1. The summed E-state index contributed by atoms with van der Waals surface area (Å²) in [4.78, 5) is 14.8. The van der Waals surface area contributed by atoms with Crippen LogP contribution in [0, 0.1) is 11.8 Å². The Morgan fingerprint density at radius 3 is 2.78 bits per heavy atom. The van der Waals surface area contributed by atoms with Gasteiger partial charge in [-0.05, 0) is 55.0 Å². The van der Waals surface area contributed by atoms with E-state index in [4.69, 9.17) is 4.74 Å². The number of nitrogens with zero attached hydrogens (tertiary/aromatic N) is 2. The number of rotatable bonds is 4. The van der Waals surface area contributed by atoms with Gasteiger partial charge in [0.15, 0.2) is 0 Å². The summed E-state index contributed by atoms with van der Waals surface area (Å²) in [6.07, 6.45) is 3.47. The van der Waals surface area contributed by atoms with Crippen LogP contribution in [0.3, 0.4) is 0 Å². The van der Waals surface area contributed by atoms with Crippen molar-refractivity contribution >= 4 is 34.9 Å². The number of halogens is 1. The third kappa shape index (κ3) is 3.43. The Morgan fingerprint density at radius 1 is 1.37 bits per heavy atom. The van der Waals surface area contributed by atoms with Crippen LogP contribution in [0.15, 0.2) is 41.7 Å². The van der Waals surface area contributed by atoms with Crippen LogP contribution in [0.1, 0.15) is 24.5 Å². The number of pyridine rings is 1. The second kappa shape index (κ2) is 7.93. The number of aryl methyl sites for hydroxylation is 1. The lowest BCUT2D eigenvalue weighted by Gasteiger charge is -2.50. The summed E-state index contributed by atoms with van der Waals surface area (Å²) in [5, 5.41) is 12.1. The van der Waals surface area contributed by atoms with E-state index in [0.29, 0.717) is 17.4 Å². The average molecular weight is 482 g/mol. The number of methoxy groups -OCH3 is 1. The van der Waals surface area contributed by atoms with Gasteiger partial charge in [0, 0.05) is 31.1 Å². The lowest BCUT2D eigenvalue weighted by atomic mass is 9.73. The van der Waals surface area contributed by atoms with Crippen molar-refractivity contribution in [2.75, 3.05) is 20.2 Å². The monoisotopic (exact) mass is 482 g/mol. The Labute approximate surface area is 176 Å². The topological polar surface area (TPSA) is 54.7 Å². The summed E-state index contributed by atoms with van der Waals surface area (Å²) < 4.78 is 6.98. The number of fused-ring (bicyclic) bond motifs is 4. The molecule has 0 amide bonds. The van der Waals surface area contributed by atoms with Crippen molar-refractivity contribution < 1.29 is 9.84 Å². The first-order chi connectivity index (χ1) is 12.5. The zero-order valence-electron chi connectivity index (χ0n) is 15.8. The fourth-order valence-electron chi connectivity index (χ4n) is 4.75. The molecule has 6 heteroatoms. The average Bonchev–Trinajstić information content (AvgIpc) is 2.69. The Balaban J connectivity index is 0.00000210. The summed E-state index contributed by atoms with van der Waals surface area (Å²) in [7, 11) is 3.38. The lowest BCUT2D eigenvalue weighted by Crippen LogP contribution is -2.55. The number of benzene rings is 1. The van der Waals surface area contributed by atoms with Gasteiger partial charge in [-0.3, -0.25) is 9.69 Å². The minimum Gasteiger partial charge on any atom is -0.497 e. The minimum atomic E-state index is -0.688. The quantitative estimate of drug-likeness (QED) is 0.538. The predicted octanol–water partition coefficient (Wildman–Crippen LogP) is 3.09. The van der Waals surface area contributed by atoms with Crippen molar-refractivity contribution in [1.82, 2.24) is 9.47 Å². The molecular formula is C21H27IN2O3. The molecule has 0 radical (unpaired) electrons. The molecule has 1 N–H and O–H groups in total. The predicted molar refractivity (Wildman–Crippen MR) is 118 cm³/mol. The first-order valence-electron chi connectivity index (χ1n) is 9.26. The van der Waals surface area contributed by atoms with Crippen LogP contribution in [0.5, 0.6) is 5.75 Å². The molecule has 3 aliphatic heterocycles. The first kappa shape index (κ1) is 20.4. The van der Waals surface area contributed by atoms with E-state index in [1.165, 1.54) is 0 Å². The highest BCUT2D eigenvalue weighted by Gasteiger charge is 2.42. The third-order valence-electron chi connectivity index (χ3n) is 6.32. The zero-order chi connectivity index (χ0) is 18.4. The van der Waals surface area contributed by atoms with Crippen molar-refractivity contribution in [3.63, 3.8) is 0 Å². The molecule has 1 aromatic heterocycles. The van der Waals surface area contributed by atoms with Gasteiger partial charge in [-0.15, -0.1) is 30.6 Å². The third-order valence-corrected chi connectivity index (χ3v) is 6.32. The van der Waals surface area contributed by atoms with Crippen LogP contribution in [-0.2, 0) is 7.05 Å². The van der Waals surface area contributed by atoms with Crippen LogP contribution in [0.2, 0.25) is 0 Å². The normalized spacial score (nSPS) is 27.8. The van der Waals surface area contributed by atoms with E-state index in [1.807, 2.05) is 18.2 Å². The van der Waals surface area contributed by atoms with Gasteiger partial charge in [0.05, 0.1) is 18.7 Å². The van der Waals surface area contributed by atoms with Gasteiger partial charge in [0.2, 0.25) is 0 Å². The molecule has 1 unspecified atom stereocenters. The van der Waals surface area contributed by atoms with Crippen LogP contribution in [-0.4, -0.2) is 40.8 Å². The first-order valence-corrected chi connectivity index (χ1v) is 9.26. The molecule has 2 aromatic rings. The summed E-state index contributed by atoms with van der Waals surface area (Å²) in [5.41, 5.74) is 1.42. The van der Waals surface area contributed by atoms with Crippen LogP contribution >= 0.6 is 24.0 Å². The molecule has 0 saturated carbocycles. The number of hydrogen-bond acceptors (Lipinski definition) is 4. The number of piperidine rings is 3. The second-order valence-electron chi connectivity index (χ2n) is 7.57. The van der Waals surface area contributed by atoms with E-state index in [-0.39, 0.29) is 35.6 Å². The van der Waals surface area contributed by atoms with Crippen molar-refractivity contribution in [2.24, 2.45) is 18.9 Å². The van der Waals surface area contributed by atoms with E-state index in [1.54, 1.807) is 24.8 Å². The summed E-state index contributed by atoms with van der Waals surface area (Å²) in [6, 6.07) is 7.27. The number of aromatic nitrogens is 1. The SMILES string of the molecule is C=C[C@H]1CN2CC[C@H]1C[C@H]2[C@H](O)c1cc(=O)n(C)c2ccc(OC)cc12.I. The van der Waals surface area contributed by atoms with E-state index < -0.39 is 6.10 Å². The van der Waals surface area contributed by atoms with Crippen LogP contribution in [0.25, 0.3) is 10.9 Å². The molecule has 1 aromatic carbocycles. The van der Waals surface area contributed by atoms with E-state index in [9.17, 15) is 9.90 Å². The molecule has 5 nitrogen and oxygen atoms in total. The van der Waals surface area contributed by atoms with E-state index >= 15 is 0 Å². The molecule has 2 bridgehead atoms. The van der Waals surface area contributed by atoms with Crippen molar-refractivity contribution in [3.8, 4) is 5.75 Å². The molecule has 0 spiro atoms. The van der Waals surface area contributed by atoms with Crippen molar-refractivity contribution in [2.45, 2.75) is 25.0 Å². The van der Waals surface area contributed by atoms with Gasteiger partial charge in [-0.2, -0.15) is 0 Å². The summed E-state index contributed by atoms with van der Waals surface area (Å²) >= 11 is 0. The minimum absolute atomic E-state index is 0. The van der Waals surface area contributed by atoms with Crippen LogP contribution < -0.4 is 10.3 Å². The van der Waals surface area contributed by atoms with E-state index in [0.717, 1.165) is 42.6 Å². The maximum atomic E-state index is 12.4. The standard InChI is InChI=1S/C21H26N2O3.HI/c1-4-13-12-23-8-7-14(13)9-19(23)21(25)17-11-20(24)22(2)18-6-5-15(26-3)10-16(17)18;/h4-6,10-11,13-14,19,21,25H,1,7-9,12H2,2-3H3;1H/t13-,14-,19-,21+;/m0./s1. The highest BCUT2D eigenvalue weighted by molar-refractivity contribution is 14.0. The second-order valence-corrected chi connectivity index (χ2v) is 7.57. The Morgan fingerprint density at radius 2 is 2.15 bits per heavy atom. The van der Waals surface area contributed by atoms with E-state index in [2.05, 4.69) is 17.6 Å². The largest absolute Gasteiger partial charge is 0.497 e. The lowest BCUT2D eigenvalue weighted by molar-refractivity contribution is -0.0445. The molecule has 3 fully saturated rings. The maximum Gasteiger partial charge on any atom is 0.251 e. The van der Waals surface area contributed by atoms with Gasteiger partial charge in [0.1, 0.15) is 5.75 Å². The molecule has 3 aliphatic rings. The van der Waals surface area contributed by atoms with Crippen LogP contribution in [0.4, 0.5) is 0 Å². The highest BCUT2D eigenvalue weighted by Crippen LogP contribution is 2.42. The molecule has 27 heavy (non-hydrogen) atoms. The Bertz CT molecular complexity index is 910. The summed E-state index contributed by atoms with van der Waals surface area (Å²) in [5.74, 6) is 1.80. The molecule has 5 atom stereocenters. The smallest absolute Gasteiger partial charge is 0.251 e. The fourth-order valence-corrected chi connectivity index (χ4v) is 4.75. The van der Waals surface area contributed by atoms with Gasteiger partial charge >= 0.3 is 0 Å². The molecule has 146 valence electrons.